The van der Waals surface area contributed by atoms with E-state index >= 15 is 0 Å². The number of nitrogens with zero attached hydrogens (tertiary/aromatic N) is 3. The Labute approximate surface area is 157 Å². The zero-order chi connectivity index (χ0) is 19.2. The molecule has 2 fully saturated rings. The Morgan fingerprint density at radius 2 is 1.89 bits per heavy atom. The molecule has 3 N–H and O–H groups in total. The van der Waals surface area contributed by atoms with E-state index in [4.69, 9.17) is 10.3 Å². The Morgan fingerprint density at radius 3 is 2.56 bits per heavy atom. The van der Waals surface area contributed by atoms with Crippen molar-refractivity contribution in [2.45, 2.75) is 57.2 Å². The van der Waals surface area contributed by atoms with Crippen molar-refractivity contribution in [3.8, 4) is 0 Å². The monoisotopic (exact) mass is 369 g/mol. The fourth-order valence-corrected chi connectivity index (χ4v) is 3.81. The van der Waals surface area contributed by atoms with Crippen LogP contribution in [0.4, 0.5) is 4.79 Å². The molecule has 0 bridgehead atoms. The van der Waals surface area contributed by atoms with Gasteiger partial charge in [0.25, 0.3) is 5.91 Å². The van der Waals surface area contributed by atoms with Crippen LogP contribution in [0.15, 0.2) is 28.8 Å². The topological polar surface area (TPSA) is 114 Å². The number of urea groups is 1. The molecule has 1 saturated carbocycles. The van der Waals surface area contributed by atoms with E-state index in [0.717, 1.165) is 41.7 Å². The third kappa shape index (κ3) is 2.90. The molecule has 8 heteroatoms. The average molecular weight is 369 g/mol. The summed E-state index contributed by atoms with van der Waals surface area (Å²) in [4.78, 5) is 30.9. The quantitative estimate of drug-likeness (QED) is 0.798. The summed E-state index contributed by atoms with van der Waals surface area (Å²) in [7, 11) is 0. The summed E-state index contributed by atoms with van der Waals surface area (Å²) in [6.07, 6.45) is 3.67. The van der Waals surface area contributed by atoms with E-state index in [0.29, 0.717) is 5.82 Å². The minimum atomic E-state index is -1.12. The Balaban J connectivity index is 1.55. The molecule has 2 heterocycles. The number of imide groups is 1. The first-order chi connectivity index (χ1) is 12.8. The number of rotatable bonds is 4. The van der Waals surface area contributed by atoms with Gasteiger partial charge in [-0.25, -0.2) is 4.79 Å². The maximum absolute atomic E-state index is 13.0. The molecular weight excluding hydrogens is 346 g/mol. The van der Waals surface area contributed by atoms with Gasteiger partial charge >= 0.3 is 6.03 Å². The van der Waals surface area contributed by atoms with E-state index in [1.807, 2.05) is 31.2 Å². The van der Waals surface area contributed by atoms with Crippen LogP contribution in [-0.4, -0.2) is 27.0 Å². The molecule has 1 aromatic heterocycles. The van der Waals surface area contributed by atoms with Gasteiger partial charge in [-0.1, -0.05) is 47.8 Å². The number of hydrogen-bond donors (Lipinski definition) is 2. The second-order valence-electron chi connectivity index (χ2n) is 7.69. The first kappa shape index (κ1) is 17.7. The van der Waals surface area contributed by atoms with Gasteiger partial charge in [0, 0.05) is 0 Å². The van der Waals surface area contributed by atoms with Gasteiger partial charge in [-0.3, -0.25) is 9.69 Å². The van der Waals surface area contributed by atoms with Crippen molar-refractivity contribution in [3.05, 3.63) is 47.1 Å². The summed E-state index contributed by atoms with van der Waals surface area (Å²) in [6, 6.07) is 7.04. The molecule has 1 saturated heterocycles. The third-order valence-corrected chi connectivity index (χ3v) is 5.61. The minimum Gasteiger partial charge on any atom is -0.337 e. The first-order valence-electron chi connectivity index (χ1n) is 9.15. The molecule has 1 atom stereocenters. The SMILES string of the molecule is Cc1ccc(C2(C)NC(=O)N(Cc3nc(C4(N)CCCC4)no3)C2=O)cc1. The maximum Gasteiger partial charge on any atom is 0.325 e. The fraction of sp³-hybridized carbons (Fsp3) is 0.474. The van der Waals surface area contributed by atoms with E-state index in [-0.39, 0.29) is 18.3 Å². The highest BCUT2D eigenvalue weighted by molar-refractivity contribution is 6.07. The summed E-state index contributed by atoms with van der Waals surface area (Å²) in [5.74, 6) is 0.307. The third-order valence-electron chi connectivity index (χ3n) is 5.61. The van der Waals surface area contributed by atoms with Crippen LogP contribution in [0.25, 0.3) is 0 Å². The van der Waals surface area contributed by atoms with Gasteiger partial charge in [-0.05, 0) is 32.3 Å². The van der Waals surface area contributed by atoms with E-state index in [1.54, 1.807) is 6.92 Å². The molecular formula is C19H23N5O3. The van der Waals surface area contributed by atoms with Gasteiger partial charge in [-0.2, -0.15) is 4.98 Å². The van der Waals surface area contributed by atoms with Gasteiger partial charge < -0.3 is 15.6 Å². The molecule has 8 nitrogen and oxygen atoms in total. The van der Waals surface area contributed by atoms with E-state index in [1.165, 1.54) is 0 Å². The van der Waals surface area contributed by atoms with Crippen LogP contribution in [0.3, 0.4) is 0 Å². The molecule has 1 aliphatic heterocycles. The highest BCUT2D eigenvalue weighted by Crippen LogP contribution is 2.35. The van der Waals surface area contributed by atoms with Crippen LogP contribution in [-0.2, 0) is 22.4 Å². The van der Waals surface area contributed by atoms with Crippen molar-refractivity contribution < 1.29 is 14.1 Å². The van der Waals surface area contributed by atoms with E-state index in [2.05, 4.69) is 15.5 Å². The number of amides is 3. The van der Waals surface area contributed by atoms with Crippen LogP contribution in [0.5, 0.6) is 0 Å². The smallest absolute Gasteiger partial charge is 0.325 e. The maximum atomic E-state index is 13.0. The standard InChI is InChI=1S/C19H23N5O3/c1-12-5-7-13(8-6-12)18(2)16(25)24(17(26)22-18)11-14-21-15(23-27-14)19(20)9-3-4-10-19/h5-8H,3-4,9-11,20H2,1-2H3,(H,22,26). The van der Waals surface area contributed by atoms with Crippen molar-refractivity contribution in [2.24, 2.45) is 5.73 Å². The normalized spacial score (nSPS) is 24.5. The Hall–Kier alpha value is -2.74. The van der Waals surface area contributed by atoms with Gasteiger partial charge in [0.05, 0.1) is 5.54 Å². The summed E-state index contributed by atoms with van der Waals surface area (Å²) in [5, 5.41) is 6.76. The van der Waals surface area contributed by atoms with Crippen LogP contribution in [0.1, 0.15) is 55.4 Å². The van der Waals surface area contributed by atoms with Gasteiger partial charge in [-0.15, -0.1) is 0 Å². The molecule has 2 aliphatic rings. The molecule has 2 aromatic rings. The number of benzene rings is 1. The molecule has 0 spiro atoms. The molecule has 3 amide bonds. The van der Waals surface area contributed by atoms with Crippen molar-refractivity contribution in [1.82, 2.24) is 20.4 Å². The molecule has 4 rings (SSSR count). The fourth-order valence-electron chi connectivity index (χ4n) is 3.81. The number of hydrogen-bond acceptors (Lipinski definition) is 6. The highest BCUT2D eigenvalue weighted by Gasteiger charge is 2.49. The van der Waals surface area contributed by atoms with Crippen LogP contribution in [0, 0.1) is 6.92 Å². The zero-order valence-corrected chi connectivity index (χ0v) is 15.5. The lowest BCUT2D eigenvalue weighted by molar-refractivity contribution is -0.131. The first-order valence-corrected chi connectivity index (χ1v) is 9.15. The van der Waals surface area contributed by atoms with Crippen molar-refractivity contribution in [1.29, 1.82) is 0 Å². The Bertz CT molecular complexity index is 885. The molecule has 1 unspecified atom stereocenters. The van der Waals surface area contributed by atoms with Gasteiger partial charge in [0.15, 0.2) is 5.82 Å². The molecule has 1 aliphatic carbocycles. The molecule has 27 heavy (non-hydrogen) atoms. The predicted octanol–water partition coefficient (Wildman–Crippen LogP) is 2.07. The summed E-state index contributed by atoms with van der Waals surface area (Å²) >= 11 is 0. The molecule has 0 radical (unpaired) electrons. The van der Waals surface area contributed by atoms with Gasteiger partial charge in [0.2, 0.25) is 5.89 Å². The number of carbonyl (C=O) groups is 2. The number of nitrogens with two attached hydrogens (primary N) is 1. The second kappa shape index (κ2) is 6.16. The van der Waals surface area contributed by atoms with E-state index < -0.39 is 17.1 Å². The lowest BCUT2D eigenvalue weighted by Gasteiger charge is -2.22. The van der Waals surface area contributed by atoms with E-state index in [9.17, 15) is 9.59 Å². The van der Waals surface area contributed by atoms with Crippen molar-refractivity contribution in [3.63, 3.8) is 0 Å². The Morgan fingerprint density at radius 1 is 1.22 bits per heavy atom. The lowest BCUT2D eigenvalue weighted by Crippen LogP contribution is -2.40. The van der Waals surface area contributed by atoms with Gasteiger partial charge in [0.1, 0.15) is 12.1 Å². The highest BCUT2D eigenvalue weighted by atomic mass is 16.5. The number of carbonyl (C=O) groups excluding carboxylic acids is 2. The van der Waals surface area contributed by atoms with Crippen molar-refractivity contribution in [2.75, 3.05) is 0 Å². The number of nitrogens with one attached hydrogen (secondary N) is 1. The predicted molar refractivity (Wildman–Crippen MR) is 96.2 cm³/mol. The van der Waals surface area contributed by atoms with Crippen LogP contribution >= 0.6 is 0 Å². The molecule has 142 valence electrons. The number of aryl methyl sites for hydroxylation is 1. The summed E-state index contributed by atoms with van der Waals surface area (Å²) in [5.41, 5.74) is 6.46. The van der Waals surface area contributed by atoms with Crippen LogP contribution in [0.2, 0.25) is 0 Å². The number of aromatic nitrogens is 2. The largest absolute Gasteiger partial charge is 0.337 e. The Kier molecular flexibility index (Phi) is 4.03. The van der Waals surface area contributed by atoms with Crippen LogP contribution < -0.4 is 11.1 Å². The summed E-state index contributed by atoms with van der Waals surface area (Å²) < 4.78 is 5.28. The second-order valence-corrected chi connectivity index (χ2v) is 7.69. The zero-order valence-electron chi connectivity index (χ0n) is 15.5. The molecule has 1 aromatic carbocycles. The lowest BCUT2D eigenvalue weighted by atomic mass is 9.91. The van der Waals surface area contributed by atoms with Crippen molar-refractivity contribution >= 4 is 11.9 Å². The minimum absolute atomic E-state index is 0.0742. The average Bonchev–Trinajstić information content (AvgIpc) is 3.33. The summed E-state index contributed by atoms with van der Waals surface area (Å²) in [6.45, 7) is 3.59.